The van der Waals surface area contributed by atoms with Gasteiger partial charge in [-0.1, -0.05) is 11.2 Å². The Kier molecular flexibility index (Phi) is 5.89. The maximum atomic E-state index is 5.63. The summed E-state index contributed by atoms with van der Waals surface area (Å²) < 4.78 is 16.2. The van der Waals surface area contributed by atoms with Gasteiger partial charge in [0.1, 0.15) is 18.1 Å². The van der Waals surface area contributed by atoms with Gasteiger partial charge in [-0.25, -0.2) is 0 Å². The van der Waals surface area contributed by atoms with Gasteiger partial charge in [-0.15, -0.1) is 0 Å². The van der Waals surface area contributed by atoms with E-state index in [0.29, 0.717) is 36.4 Å². The topological polar surface area (TPSA) is 86.4 Å². The first-order chi connectivity index (χ1) is 13.8. The molecule has 8 heteroatoms. The van der Waals surface area contributed by atoms with Crippen molar-refractivity contribution in [2.45, 2.75) is 25.4 Å². The fourth-order valence-corrected chi connectivity index (χ4v) is 3.36. The van der Waals surface area contributed by atoms with Crippen LogP contribution in [-0.4, -0.2) is 51.9 Å². The second-order valence-corrected chi connectivity index (χ2v) is 6.66. The molecule has 1 saturated heterocycles. The van der Waals surface area contributed by atoms with Crippen molar-refractivity contribution in [1.29, 1.82) is 0 Å². The number of aromatic nitrogens is 4. The van der Waals surface area contributed by atoms with E-state index in [0.717, 1.165) is 25.9 Å². The van der Waals surface area contributed by atoms with Gasteiger partial charge in [0.25, 0.3) is 0 Å². The minimum absolute atomic E-state index is 0.114. The van der Waals surface area contributed by atoms with Crippen LogP contribution in [0.5, 0.6) is 5.75 Å². The molecule has 28 heavy (non-hydrogen) atoms. The van der Waals surface area contributed by atoms with E-state index in [9.17, 15) is 0 Å². The highest BCUT2D eigenvalue weighted by atomic mass is 16.5. The number of pyridine rings is 2. The quantitative estimate of drug-likeness (QED) is 0.551. The zero-order valence-electron chi connectivity index (χ0n) is 15.8. The molecular formula is C20H23N5O3. The predicted molar refractivity (Wildman–Crippen MR) is 102 cm³/mol. The summed E-state index contributed by atoms with van der Waals surface area (Å²) >= 11 is 0. The van der Waals surface area contributed by atoms with Crippen molar-refractivity contribution in [2.24, 2.45) is 0 Å². The van der Waals surface area contributed by atoms with Crippen LogP contribution in [0.3, 0.4) is 0 Å². The number of methoxy groups -OCH3 is 1. The van der Waals surface area contributed by atoms with Crippen LogP contribution in [0, 0.1) is 0 Å². The summed E-state index contributed by atoms with van der Waals surface area (Å²) in [5.41, 5.74) is 1.80. The van der Waals surface area contributed by atoms with Crippen molar-refractivity contribution in [3.05, 3.63) is 54.3 Å². The smallest absolute Gasteiger partial charge is 0.244 e. The van der Waals surface area contributed by atoms with Gasteiger partial charge in [0.15, 0.2) is 0 Å². The Bertz CT molecular complexity index is 886. The maximum absolute atomic E-state index is 5.63. The van der Waals surface area contributed by atoms with Crippen LogP contribution in [0.2, 0.25) is 0 Å². The molecule has 3 aromatic heterocycles. The lowest BCUT2D eigenvalue weighted by Gasteiger charge is -2.21. The number of rotatable bonds is 8. The summed E-state index contributed by atoms with van der Waals surface area (Å²) in [5, 5.41) is 4.14. The van der Waals surface area contributed by atoms with Gasteiger partial charge in [-0.05, 0) is 37.1 Å². The molecule has 4 heterocycles. The highest BCUT2D eigenvalue weighted by Gasteiger charge is 2.31. The Balaban J connectivity index is 1.47. The standard InChI is InChI=1S/C20H23N5O3/c1-26-10-11-27-16-6-8-22-17(12-16)19-23-20(28-24-19)18-5-3-9-25(18)14-15-4-2-7-21-13-15/h2,4,6-8,12-13,18H,3,5,9-11,14H2,1H3/t18-/m0/s1. The number of ether oxygens (including phenoxy) is 2. The molecule has 1 aliphatic rings. The molecule has 0 aromatic carbocycles. The first-order valence-corrected chi connectivity index (χ1v) is 9.38. The lowest BCUT2D eigenvalue weighted by molar-refractivity contribution is 0.146. The monoisotopic (exact) mass is 381 g/mol. The molecule has 0 unspecified atom stereocenters. The van der Waals surface area contributed by atoms with Gasteiger partial charge in [0, 0.05) is 38.3 Å². The summed E-state index contributed by atoms with van der Waals surface area (Å²) in [7, 11) is 1.64. The molecule has 1 aliphatic heterocycles. The molecule has 1 fully saturated rings. The fourth-order valence-electron chi connectivity index (χ4n) is 3.36. The zero-order chi connectivity index (χ0) is 19.2. The molecule has 1 atom stereocenters. The second kappa shape index (κ2) is 8.90. The minimum Gasteiger partial charge on any atom is -0.491 e. The molecule has 8 nitrogen and oxygen atoms in total. The van der Waals surface area contributed by atoms with Crippen molar-refractivity contribution in [1.82, 2.24) is 25.0 Å². The summed E-state index contributed by atoms with van der Waals surface area (Å²) in [4.78, 5) is 15.5. The molecule has 0 N–H and O–H groups in total. The lowest BCUT2D eigenvalue weighted by atomic mass is 10.2. The van der Waals surface area contributed by atoms with Gasteiger partial charge in [0.05, 0.1) is 12.6 Å². The van der Waals surface area contributed by atoms with Crippen LogP contribution in [0.1, 0.15) is 30.3 Å². The first-order valence-electron chi connectivity index (χ1n) is 9.38. The average Bonchev–Trinajstić information content (AvgIpc) is 3.39. The Morgan fingerprint density at radius 2 is 2.21 bits per heavy atom. The van der Waals surface area contributed by atoms with Crippen molar-refractivity contribution < 1.29 is 14.0 Å². The van der Waals surface area contributed by atoms with Crippen LogP contribution in [0.25, 0.3) is 11.5 Å². The Labute approximate surface area is 163 Å². The van der Waals surface area contributed by atoms with E-state index in [1.807, 2.05) is 18.3 Å². The van der Waals surface area contributed by atoms with Gasteiger partial charge in [0.2, 0.25) is 11.7 Å². The van der Waals surface area contributed by atoms with Crippen LogP contribution in [-0.2, 0) is 11.3 Å². The molecular weight excluding hydrogens is 358 g/mol. The third-order valence-corrected chi connectivity index (χ3v) is 4.72. The van der Waals surface area contributed by atoms with Crippen LogP contribution in [0.4, 0.5) is 0 Å². The highest BCUT2D eigenvalue weighted by molar-refractivity contribution is 5.50. The normalized spacial score (nSPS) is 17.1. The Morgan fingerprint density at radius 1 is 1.25 bits per heavy atom. The molecule has 0 aliphatic carbocycles. The molecule has 146 valence electrons. The summed E-state index contributed by atoms with van der Waals surface area (Å²) in [6.45, 7) is 2.82. The van der Waals surface area contributed by atoms with E-state index < -0.39 is 0 Å². The summed E-state index contributed by atoms with van der Waals surface area (Å²) in [5.74, 6) is 1.80. The first kappa shape index (κ1) is 18.5. The SMILES string of the molecule is COCCOc1ccnc(-c2noc([C@@H]3CCCN3Cc3cccnc3)n2)c1. The average molecular weight is 381 g/mol. The van der Waals surface area contributed by atoms with Gasteiger partial charge < -0.3 is 14.0 Å². The second-order valence-electron chi connectivity index (χ2n) is 6.66. The van der Waals surface area contributed by atoms with Crippen LogP contribution in [0.15, 0.2) is 47.4 Å². The van der Waals surface area contributed by atoms with Gasteiger partial charge >= 0.3 is 0 Å². The number of hydrogen-bond acceptors (Lipinski definition) is 8. The van der Waals surface area contributed by atoms with Crippen molar-refractivity contribution >= 4 is 0 Å². The highest BCUT2D eigenvalue weighted by Crippen LogP contribution is 2.33. The summed E-state index contributed by atoms with van der Waals surface area (Å²) in [6.07, 6.45) is 7.46. The van der Waals surface area contributed by atoms with E-state index in [-0.39, 0.29) is 6.04 Å². The van der Waals surface area contributed by atoms with Crippen molar-refractivity contribution in [2.75, 3.05) is 26.9 Å². The fraction of sp³-hybridized carbons (Fsp3) is 0.400. The summed E-state index contributed by atoms with van der Waals surface area (Å²) in [6, 6.07) is 7.76. The molecule has 0 saturated carbocycles. The lowest BCUT2D eigenvalue weighted by Crippen LogP contribution is -2.23. The Morgan fingerprint density at radius 3 is 3.07 bits per heavy atom. The molecule has 4 rings (SSSR count). The largest absolute Gasteiger partial charge is 0.491 e. The van der Waals surface area contributed by atoms with E-state index in [1.165, 1.54) is 5.56 Å². The van der Waals surface area contributed by atoms with E-state index in [2.05, 4.69) is 31.1 Å². The van der Waals surface area contributed by atoms with Gasteiger partial charge in [-0.2, -0.15) is 4.98 Å². The van der Waals surface area contributed by atoms with Gasteiger partial charge in [-0.3, -0.25) is 14.9 Å². The molecule has 0 radical (unpaired) electrons. The minimum atomic E-state index is 0.114. The number of likely N-dealkylation sites (tertiary alicyclic amines) is 1. The van der Waals surface area contributed by atoms with Crippen molar-refractivity contribution in [3.8, 4) is 17.3 Å². The predicted octanol–water partition coefficient (Wildman–Crippen LogP) is 2.89. The zero-order valence-corrected chi connectivity index (χ0v) is 15.8. The van der Waals surface area contributed by atoms with Crippen LogP contribution < -0.4 is 4.74 Å². The van der Waals surface area contributed by atoms with E-state index >= 15 is 0 Å². The molecule has 0 spiro atoms. The van der Waals surface area contributed by atoms with Crippen LogP contribution >= 0.6 is 0 Å². The molecule has 0 amide bonds. The Hall–Kier alpha value is -2.84. The maximum Gasteiger partial charge on any atom is 0.244 e. The molecule has 0 bridgehead atoms. The third kappa shape index (κ3) is 4.35. The number of hydrogen-bond donors (Lipinski definition) is 0. The third-order valence-electron chi connectivity index (χ3n) is 4.72. The molecule has 3 aromatic rings. The van der Waals surface area contributed by atoms with E-state index in [4.69, 9.17) is 14.0 Å². The van der Waals surface area contributed by atoms with Crippen molar-refractivity contribution in [3.63, 3.8) is 0 Å². The number of nitrogens with zero attached hydrogens (tertiary/aromatic N) is 5. The van der Waals surface area contributed by atoms with E-state index in [1.54, 1.807) is 25.6 Å².